The number of rotatable bonds is 5. The summed E-state index contributed by atoms with van der Waals surface area (Å²) in [6.07, 6.45) is 0. The Morgan fingerprint density at radius 1 is 1.13 bits per heavy atom. The minimum absolute atomic E-state index is 0.0354. The summed E-state index contributed by atoms with van der Waals surface area (Å²) in [5.74, 6) is 0.566. The molecule has 31 heavy (non-hydrogen) atoms. The first-order chi connectivity index (χ1) is 15.1. The van der Waals surface area contributed by atoms with Crippen LogP contribution in [-0.4, -0.2) is 19.5 Å². The van der Waals surface area contributed by atoms with Gasteiger partial charge < -0.3 is 4.98 Å². The summed E-state index contributed by atoms with van der Waals surface area (Å²) in [4.78, 5) is 39.9. The zero-order valence-electron chi connectivity index (χ0n) is 16.8. The number of hydrogen-bond donors (Lipinski definition) is 1. The Hall–Kier alpha value is -2.75. The van der Waals surface area contributed by atoms with Crippen LogP contribution in [-0.2, 0) is 6.54 Å². The van der Waals surface area contributed by atoms with Gasteiger partial charge in [-0.05, 0) is 37.4 Å². The van der Waals surface area contributed by atoms with Crippen LogP contribution in [0.5, 0.6) is 0 Å². The largest absolute Gasteiger partial charge is 0.309 e. The van der Waals surface area contributed by atoms with E-state index in [1.807, 2.05) is 54.9 Å². The second-order valence-corrected chi connectivity index (χ2v) is 10.1. The van der Waals surface area contributed by atoms with Crippen LogP contribution in [0.25, 0.3) is 31.6 Å². The number of hydrogen-bond acceptors (Lipinski definition) is 7. The van der Waals surface area contributed by atoms with E-state index in [1.165, 1.54) is 23.1 Å². The highest BCUT2D eigenvalue weighted by Crippen LogP contribution is 2.37. The van der Waals surface area contributed by atoms with Crippen molar-refractivity contribution in [2.45, 2.75) is 30.8 Å². The number of thiophene rings is 2. The van der Waals surface area contributed by atoms with Crippen LogP contribution in [0.2, 0.25) is 0 Å². The summed E-state index contributed by atoms with van der Waals surface area (Å²) in [7, 11) is 0. The third kappa shape index (κ3) is 3.52. The molecular formula is C22H18N4O2S3. The molecule has 0 aliphatic carbocycles. The van der Waals surface area contributed by atoms with Gasteiger partial charge in [0.25, 0.3) is 11.1 Å². The fraction of sp³-hybridized carbons (Fsp3) is 0.182. The molecule has 0 saturated heterocycles. The van der Waals surface area contributed by atoms with Crippen molar-refractivity contribution in [3.63, 3.8) is 0 Å². The van der Waals surface area contributed by atoms with Gasteiger partial charge in [0.05, 0.1) is 21.5 Å². The van der Waals surface area contributed by atoms with E-state index >= 15 is 0 Å². The summed E-state index contributed by atoms with van der Waals surface area (Å²) >= 11 is 4.53. The van der Waals surface area contributed by atoms with Crippen molar-refractivity contribution in [1.82, 2.24) is 19.5 Å². The van der Waals surface area contributed by atoms with E-state index in [1.54, 1.807) is 22.0 Å². The highest BCUT2D eigenvalue weighted by atomic mass is 32.2. The normalized spacial score (nSPS) is 12.6. The van der Waals surface area contributed by atoms with Gasteiger partial charge in [0, 0.05) is 22.4 Å². The Morgan fingerprint density at radius 3 is 2.74 bits per heavy atom. The molecule has 0 fully saturated rings. The maximum absolute atomic E-state index is 13.4. The van der Waals surface area contributed by atoms with E-state index in [9.17, 15) is 9.59 Å². The number of aromatic amines is 1. The zero-order chi connectivity index (χ0) is 21.5. The summed E-state index contributed by atoms with van der Waals surface area (Å²) in [5.41, 5.74) is 1.40. The lowest BCUT2D eigenvalue weighted by atomic mass is 10.2. The topological polar surface area (TPSA) is 80.6 Å². The van der Waals surface area contributed by atoms with E-state index in [4.69, 9.17) is 4.98 Å². The molecule has 156 valence electrons. The first-order valence-electron chi connectivity index (χ1n) is 9.78. The average Bonchev–Trinajstić information content (AvgIpc) is 3.44. The summed E-state index contributed by atoms with van der Waals surface area (Å²) in [5, 5.41) is 5.69. The van der Waals surface area contributed by atoms with Gasteiger partial charge >= 0.3 is 0 Å². The molecule has 0 spiro atoms. The number of thioether (sulfide) groups is 1. The van der Waals surface area contributed by atoms with Gasteiger partial charge in [-0.2, -0.15) is 0 Å². The van der Waals surface area contributed by atoms with Crippen molar-refractivity contribution in [2.75, 3.05) is 0 Å². The molecule has 0 aliphatic heterocycles. The van der Waals surface area contributed by atoms with Crippen LogP contribution < -0.4 is 11.1 Å². The third-order valence-corrected chi connectivity index (χ3v) is 7.93. The predicted octanol–water partition coefficient (Wildman–Crippen LogP) is 5.30. The maximum atomic E-state index is 13.4. The maximum Gasteiger partial charge on any atom is 0.263 e. The molecule has 0 saturated carbocycles. The Labute approximate surface area is 189 Å². The van der Waals surface area contributed by atoms with Crippen LogP contribution in [0.3, 0.4) is 0 Å². The van der Waals surface area contributed by atoms with E-state index < -0.39 is 0 Å². The third-order valence-electron chi connectivity index (χ3n) is 5.06. The Morgan fingerprint density at radius 2 is 1.97 bits per heavy atom. The summed E-state index contributed by atoms with van der Waals surface area (Å²) in [6, 6.07) is 11.3. The lowest BCUT2D eigenvalue weighted by Gasteiger charge is -2.14. The monoisotopic (exact) mass is 466 g/mol. The van der Waals surface area contributed by atoms with Gasteiger partial charge in [-0.1, -0.05) is 30.0 Å². The van der Waals surface area contributed by atoms with Crippen molar-refractivity contribution in [3.8, 4) is 10.4 Å². The van der Waals surface area contributed by atoms with E-state index in [2.05, 4.69) is 9.97 Å². The molecule has 4 aromatic heterocycles. The Balaban J connectivity index is 1.58. The first kappa shape index (κ1) is 20.2. The number of fused-ring (bicyclic) bond motifs is 2. The number of para-hydroxylation sites is 1. The number of aromatic nitrogens is 4. The number of nitrogens with one attached hydrogen (secondary N) is 1. The molecule has 5 aromatic rings. The van der Waals surface area contributed by atoms with E-state index in [0.29, 0.717) is 33.8 Å². The standard InChI is InChI=1S/C22H18N4O2S3/c1-3-26-21(28)17-14(16-9-6-10-29-16)11-30-20(17)25-22(26)31-12(2)18-23-15-8-5-4-7-13(15)19(27)24-18/h4-12H,3H2,1-2H3,(H,23,24,27). The predicted molar refractivity (Wildman–Crippen MR) is 130 cm³/mol. The zero-order valence-corrected chi connectivity index (χ0v) is 19.2. The molecular weight excluding hydrogens is 448 g/mol. The van der Waals surface area contributed by atoms with Gasteiger partial charge in [0.1, 0.15) is 10.7 Å². The molecule has 4 heterocycles. The first-order valence-corrected chi connectivity index (χ1v) is 12.4. The molecule has 5 rings (SSSR count). The van der Waals surface area contributed by atoms with Crippen molar-refractivity contribution < 1.29 is 0 Å². The van der Waals surface area contributed by atoms with Crippen molar-refractivity contribution in [2.24, 2.45) is 0 Å². The van der Waals surface area contributed by atoms with Gasteiger partial charge in [-0.25, -0.2) is 9.97 Å². The number of nitrogens with zero attached hydrogens (tertiary/aromatic N) is 3. The van der Waals surface area contributed by atoms with Crippen molar-refractivity contribution in [3.05, 3.63) is 73.7 Å². The molecule has 0 radical (unpaired) electrons. The highest BCUT2D eigenvalue weighted by molar-refractivity contribution is 7.99. The van der Waals surface area contributed by atoms with E-state index in [0.717, 1.165) is 15.3 Å². The van der Waals surface area contributed by atoms with Crippen molar-refractivity contribution in [1.29, 1.82) is 0 Å². The molecule has 1 N–H and O–H groups in total. The molecule has 9 heteroatoms. The quantitative estimate of drug-likeness (QED) is 0.281. The molecule has 1 atom stereocenters. The van der Waals surface area contributed by atoms with Gasteiger partial charge in [0.2, 0.25) is 0 Å². The Bertz CT molecular complexity index is 1520. The lowest BCUT2D eigenvalue weighted by molar-refractivity contribution is 0.634. The Kier molecular flexibility index (Phi) is 5.25. The minimum Gasteiger partial charge on any atom is -0.309 e. The number of H-pyrrole nitrogens is 1. The fourth-order valence-electron chi connectivity index (χ4n) is 3.50. The highest BCUT2D eigenvalue weighted by Gasteiger charge is 2.20. The molecule has 0 aliphatic rings. The number of benzene rings is 1. The molecule has 0 amide bonds. The van der Waals surface area contributed by atoms with Crippen LogP contribution >= 0.6 is 34.4 Å². The van der Waals surface area contributed by atoms with Gasteiger partial charge in [0.15, 0.2) is 5.16 Å². The summed E-state index contributed by atoms with van der Waals surface area (Å²) in [6.45, 7) is 4.41. The molecule has 1 aromatic carbocycles. The second kappa shape index (κ2) is 8.07. The fourth-order valence-corrected chi connectivity index (χ4v) is 6.33. The van der Waals surface area contributed by atoms with Crippen LogP contribution in [0.15, 0.2) is 61.9 Å². The van der Waals surface area contributed by atoms with Crippen LogP contribution in [0, 0.1) is 0 Å². The van der Waals surface area contributed by atoms with E-state index in [-0.39, 0.29) is 16.4 Å². The van der Waals surface area contributed by atoms with Crippen LogP contribution in [0.1, 0.15) is 24.9 Å². The lowest BCUT2D eigenvalue weighted by Crippen LogP contribution is -2.22. The van der Waals surface area contributed by atoms with Gasteiger partial charge in [-0.3, -0.25) is 14.2 Å². The minimum atomic E-state index is -0.184. The average molecular weight is 467 g/mol. The SMILES string of the molecule is CCn1c(SC(C)c2nc3ccccc3c(=O)[nH]2)nc2scc(-c3cccs3)c2c1=O. The van der Waals surface area contributed by atoms with Gasteiger partial charge in [-0.15, -0.1) is 22.7 Å². The smallest absolute Gasteiger partial charge is 0.263 e. The van der Waals surface area contributed by atoms with Crippen molar-refractivity contribution >= 4 is 55.6 Å². The summed E-state index contributed by atoms with van der Waals surface area (Å²) < 4.78 is 1.70. The molecule has 1 unspecified atom stereocenters. The molecule has 0 bridgehead atoms. The second-order valence-electron chi connectivity index (χ2n) is 6.98. The van der Waals surface area contributed by atoms with Crippen LogP contribution in [0.4, 0.5) is 0 Å². The molecule has 6 nitrogen and oxygen atoms in total.